The minimum atomic E-state index is -1.58. The topological polar surface area (TPSA) is 245 Å². The third kappa shape index (κ3) is 11.2. The number of amides is 3. The summed E-state index contributed by atoms with van der Waals surface area (Å²) in [5.74, 6) is -7.12. The third-order valence-electron chi connectivity index (χ3n) is 4.88. The monoisotopic (exact) mass is 476 g/mol. The SMILES string of the molecule is CCC(C)C(NC(=O)C(CO)NC(=O)C(CCC(=O)O)NC(=O)C(N)CCC(=O)O)C(=O)O. The van der Waals surface area contributed by atoms with E-state index in [-0.39, 0.29) is 12.8 Å². The molecule has 0 aliphatic rings. The summed E-state index contributed by atoms with van der Waals surface area (Å²) in [4.78, 5) is 70.1. The van der Waals surface area contributed by atoms with Crippen LogP contribution in [0, 0.1) is 5.92 Å². The van der Waals surface area contributed by atoms with Crippen LogP contribution in [0.15, 0.2) is 0 Å². The van der Waals surface area contributed by atoms with E-state index in [2.05, 4.69) is 16.0 Å². The number of rotatable bonds is 16. The zero-order valence-corrected chi connectivity index (χ0v) is 18.4. The van der Waals surface area contributed by atoms with Gasteiger partial charge in [-0.25, -0.2) is 4.79 Å². The summed E-state index contributed by atoms with van der Waals surface area (Å²) in [5.41, 5.74) is 5.59. The molecule has 5 unspecified atom stereocenters. The van der Waals surface area contributed by atoms with E-state index in [9.17, 15) is 39.0 Å². The van der Waals surface area contributed by atoms with Crippen LogP contribution in [0.1, 0.15) is 46.0 Å². The highest BCUT2D eigenvalue weighted by Gasteiger charge is 2.31. The normalized spacial score (nSPS) is 15.3. The Morgan fingerprint density at radius 3 is 1.73 bits per heavy atom. The Morgan fingerprint density at radius 2 is 1.27 bits per heavy atom. The van der Waals surface area contributed by atoms with Crippen LogP contribution < -0.4 is 21.7 Å². The molecule has 188 valence electrons. The Balaban J connectivity index is 5.33. The maximum atomic E-state index is 12.6. The molecule has 0 aliphatic carbocycles. The standard InChI is InChI=1S/C19H32N4O10/c1-3-9(2)15(19(32)33)23-18(31)12(8-24)22-17(30)11(5-7-14(27)28)21-16(29)10(20)4-6-13(25)26/h9-12,15,24H,3-8,20H2,1-2H3,(H,21,29)(H,22,30)(H,23,31)(H,25,26)(H,27,28)(H,32,33). The second-order valence-electron chi connectivity index (χ2n) is 7.49. The molecule has 3 amide bonds. The number of carbonyl (C=O) groups is 6. The van der Waals surface area contributed by atoms with Gasteiger partial charge in [-0.1, -0.05) is 20.3 Å². The van der Waals surface area contributed by atoms with E-state index in [0.29, 0.717) is 6.42 Å². The molecule has 0 spiro atoms. The van der Waals surface area contributed by atoms with Crippen molar-refractivity contribution in [1.82, 2.24) is 16.0 Å². The molecule has 0 saturated heterocycles. The number of aliphatic hydroxyl groups is 1. The van der Waals surface area contributed by atoms with Crippen LogP contribution >= 0.6 is 0 Å². The lowest BCUT2D eigenvalue weighted by Crippen LogP contribution is -2.58. The van der Waals surface area contributed by atoms with Crippen molar-refractivity contribution in [2.24, 2.45) is 11.7 Å². The molecule has 9 N–H and O–H groups in total. The van der Waals surface area contributed by atoms with Gasteiger partial charge in [0.05, 0.1) is 12.6 Å². The molecular weight excluding hydrogens is 444 g/mol. The summed E-state index contributed by atoms with van der Waals surface area (Å²) < 4.78 is 0. The van der Waals surface area contributed by atoms with Crippen molar-refractivity contribution >= 4 is 35.6 Å². The summed E-state index contributed by atoms with van der Waals surface area (Å²) in [6.07, 6.45) is -1.13. The van der Waals surface area contributed by atoms with Crippen molar-refractivity contribution in [3.05, 3.63) is 0 Å². The quantitative estimate of drug-likeness (QED) is 0.117. The van der Waals surface area contributed by atoms with Crippen molar-refractivity contribution in [3.63, 3.8) is 0 Å². The lowest BCUT2D eigenvalue weighted by atomic mass is 9.99. The van der Waals surface area contributed by atoms with Gasteiger partial charge in [0.1, 0.15) is 18.1 Å². The molecule has 14 nitrogen and oxygen atoms in total. The molecule has 0 aromatic rings. The van der Waals surface area contributed by atoms with Gasteiger partial charge < -0.3 is 42.1 Å². The van der Waals surface area contributed by atoms with Crippen molar-refractivity contribution in [2.45, 2.75) is 70.1 Å². The predicted octanol–water partition coefficient (Wildman–Crippen LogP) is -2.38. The molecular formula is C19H32N4O10. The van der Waals surface area contributed by atoms with Gasteiger partial charge in [0.25, 0.3) is 0 Å². The highest BCUT2D eigenvalue weighted by atomic mass is 16.4. The second kappa shape index (κ2) is 14.7. The van der Waals surface area contributed by atoms with Gasteiger partial charge in [-0.3, -0.25) is 24.0 Å². The minimum absolute atomic E-state index is 0.234. The van der Waals surface area contributed by atoms with E-state index in [1.54, 1.807) is 13.8 Å². The lowest BCUT2D eigenvalue weighted by molar-refractivity contribution is -0.144. The number of hydrogen-bond donors (Lipinski definition) is 8. The second-order valence-corrected chi connectivity index (χ2v) is 7.49. The number of aliphatic hydroxyl groups excluding tert-OH is 1. The molecule has 14 heteroatoms. The van der Waals surface area contributed by atoms with Gasteiger partial charge in [-0.15, -0.1) is 0 Å². The van der Waals surface area contributed by atoms with Gasteiger partial charge in [-0.2, -0.15) is 0 Å². The van der Waals surface area contributed by atoms with Crippen molar-refractivity contribution in [3.8, 4) is 0 Å². The van der Waals surface area contributed by atoms with E-state index in [4.69, 9.17) is 15.9 Å². The van der Waals surface area contributed by atoms with Gasteiger partial charge in [0.15, 0.2) is 0 Å². The van der Waals surface area contributed by atoms with E-state index < -0.39 is 85.2 Å². The molecule has 5 atom stereocenters. The number of nitrogens with two attached hydrogens (primary N) is 1. The van der Waals surface area contributed by atoms with Crippen molar-refractivity contribution < 1.29 is 49.2 Å². The number of carboxylic acids is 3. The Labute approximate surface area is 189 Å². The molecule has 33 heavy (non-hydrogen) atoms. The lowest BCUT2D eigenvalue weighted by Gasteiger charge is -2.25. The van der Waals surface area contributed by atoms with E-state index in [1.807, 2.05) is 0 Å². The smallest absolute Gasteiger partial charge is 0.326 e. The molecule has 0 aliphatic heterocycles. The van der Waals surface area contributed by atoms with E-state index in [0.717, 1.165) is 0 Å². The van der Waals surface area contributed by atoms with Gasteiger partial charge in [0, 0.05) is 12.8 Å². The van der Waals surface area contributed by atoms with Crippen LogP contribution in [-0.2, 0) is 28.8 Å². The highest BCUT2D eigenvalue weighted by molar-refractivity contribution is 5.94. The molecule has 0 fully saturated rings. The van der Waals surface area contributed by atoms with Crippen molar-refractivity contribution in [2.75, 3.05) is 6.61 Å². The van der Waals surface area contributed by atoms with Gasteiger partial charge >= 0.3 is 17.9 Å². The average molecular weight is 476 g/mol. The summed E-state index contributed by atoms with van der Waals surface area (Å²) in [6, 6.07) is -5.60. The fourth-order valence-corrected chi connectivity index (χ4v) is 2.63. The van der Waals surface area contributed by atoms with Crippen LogP contribution in [-0.4, -0.2) is 86.8 Å². The highest BCUT2D eigenvalue weighted by Crippen LogP contribution is 2.08. The van der Waals surface area contributed by atoms with Crippen LogP contribution in [0.25, 0.3) is 0 Å². The Morgan fingerprint density at radius 1 is 0.788 bits per heavy atom. The van der Waals surface area contributed by atoms with Crippen LogP contribution in [0.2, 0.25) is 0 Å². The largest absolute Gasteiger partial charge is 0.481 e. The minimum Gasteiger partial charge on any atom is -0.481 e. The molecule has 0 aromatic carbocycles. The zero-order chi connectivity index (χ0) is 25.7. The first-order valence-corrected chi connectivity index (χ1v) is 10.3. The summed E-state index contributed by atoms with van der Waals surface area (Å²) in [5, 5.41) is 42.9. The Bertz CT molecular complexity index is 729. The number of carbonyl (C=O) groups excluding carboxylic acids is 3. The fraction of sp³-hybridized carbons (Fsp3) is 0.684. The summed E-state index contributed by atoms with van der Waals surface area (Å²) in [6.45, 7) is 2.41. The van der Waals surface area contributed by atoms with E-state index in [1.165, 1.54) is 0 Å². The first kappa shape index (κ1) is 29.7. The van der Waals surface area contributed by atoms with Crippen LogP contribution in [0.4, 0.5) is 0 Å². The Hall–Kier alpha value is -3.26. The number of nitrogens with one attached hydrogen (secondary N) is 3. The molecule has 0 rings (SSSR count). The number of aliphatic carboxylic acids is 3. The fourth-order valence-electron chi connectivity index (χ4n) is 2.63. The maximum absolute atomic E-state index is 12.6. The molecule has 0 aromatic heterocycles. The van der Waals surface area contributed by atoms with Gasteiger partial charge in [0.2, 0.25) is 17.7 Å². The first-order chi connectivity index (χ1) is 15.3. The number of carboxylic acid groups (broad SMARTS) is 3. The zero-order valence-electron chi connectivity index (χ0n) is 18.4. The molecule has 0 saturated carbocycles. The van der Waals surface area contributed by atoms with Gasteiger partial charge in [-0.05, 0) is 18.8 Å². The molecule has 0 radical (unpaired) electrons. The summed E-state index contributed by atoms with van der Waals surface area (Å²) in [7, 11) is 0. The third-order valence-corrected chi connectivity index (χ3v) is 4.88. The molecule has 0 heterocycles. The predicted molar refractivity (Wildman–Crippen MR) is 112 cm³/mol. The molecule has 0 bridgehead atoms. The van der Waals surface area contributed by atoms with Crippen molar-refractivity contribution in [1.29, 1.82) is 0 Å². The number of hydrogen-bond acceptors (Lipinski definition) is 8. The van der Waals surface area contributed by atoms with E-state index >= 15 is 0 Å². The maximum Gasteiger partial charge on any atom is 0.326 e. The summed E-state index contributed by atoms with van der Waals surface area (Å²) >= 11 is 0. The van der Waals surface area contributed by atoms with Crippen LogP contribution in [0.3, 0.4) is 0 Å². The average Bonchev–Trinajstić information content (AvgIpc) is 2.75. The van der Waals surface area contributed by atoms with Crippen LogP contribution in [0.5, 0.6) is 0 Å². The Kier molecular flexibility index (Phi) is 13.3. The first-order valence-electron chi connectivity index (χ1n) is 10.3.